The minimum Gasteiger partial charge on any atom is -0.376 e. The number of hydrogen-bond donors (Lipinski definition) is 2. The number of aromatic nitrogens is 6. The number of nitrogens with zero attached hydrogens (tertiary/aromatic N) is 7. The molecule has 10 nitrogen and oxygen atoms in total. The minimum absolute atomic E-state index is 0.0550. The maximum Gasteiger partial charge on any atom is 0.229 e. The molecule has 2 fully saturated rings. The van der Waals surface area contributed by atoms with E-state index in [9.17, 15) is 4.39 Å². The third-order valence-corrected chi connectivity index (χ3v) is 10.2. The van der Waals surface area contributed by atoms with Gasteiger partial charge < -0.3 is 25.3 Å². The maximum absolute atomic E-state index is 14.9. The zero-order chi connectivity index (χ0) is 30.4. The summed E-state index contributed by atoms with van der Waals surface area (Å²) in [6.45, 7) is 4.52. The van der Waals surface area contributed by atoms with Crippen molar-refractivity contribution in [2.75, 3.05) is 29.9 Å². The number of fused-ring (bicyclic) bond motifs is 1. The number of rotatable bonds is 6. The molecule has 0 bridgehead atoms. The van der Waals surface area contributed by atoms with E-state index in [0.29, 0.717) is 21.4 Å². The molecule has 6 heterocycles. The molecule has 0 saturated carbocycles. The molecule has 2 atom stereocenters. The smallest absolute Gasteiger partial charge is 0.229 e. The molecule has 0 aliphatic carbocycles. The summed E-state index contributed by atoms with van der Waals surface area (Å²) in [5.41, 5.74) is 8.36. The highest BCUT2D eigenvalue weighted by atomic mass is 35.5. The number of nitrogens with two attached hydrogens (primary N) is 1. The van der Waals surface area contributed by atoms with Crippen LogP contribution in [0.3, 0.4) is 0 Å². The van der Waals surface area contributed by atoms with Gasteiger partial charge in [-0.3, -0.25) is 0 Å². The molecule has 0 amide bonds. The molecule has 226 valence electrons. The van der Waals surface area contributed by atoms with Crippen LogP contribution in [0.25, 0.3) is 22.2 Å². The zero-order valence-corrected chi connectivity index (χ0v) is 25.8. The van der Waals surface area contributed by atoms with Gasteiger partial charge in [0.1, 0.15) is 16.5 Å². The summed E-state index contributed by atoms with van der Waals surface area (Å²) in [6, 6.07) is 9.66. The number of pyridine rings is 1. The number of anilines is 3. The lowest BCUT2D eigenvalue weighted by Gasteiger charge is -2.41. The van der Waals surface area contributed by atoms with Crippen molar-refractivity contribution in [3.05, 3.63) is 72.2 Å². The Labute approximate surface area is 263 Å². The third-order valence-electron chi connectivity index (χ3n) is 8.74. The molecule has 13 heteroatoms. The summed E-state index contributed by atoms with van der Waals surface area (Å²) >= 11 is 8.13. The highest BCUT2D eigenvalue weighted by Gasteiger charge is 2.47. The molecule has 5 aromatic rings. The minimum atomic E-state index is -0.521. The van der Waals surface area contributed by atoms with Crippen LogP contribution in [0, 0.1) is 11.2 Å². The molecule has 2 aliphatic rings. The number of hydrogen-bond acceptors (Lipinski definition) is 10. The Balaban J connectivity index is 1.05. The van der Waals surface area contributed by atoms with E-state index in [1.54, 1.807) is 24.7 Å². The van der Waals surface area contributed by atoms with Gasteiger partial charge in [0.2, 0.25) is 5.95 Å². The number of benzene rings is 1. The van der Waals surface area contributed by atoms with Gasteiger partial charge in [-0.05, 0) is 31.9 Å². The first-order valence-electron chi connectivity index (χ1n) is 14.4. The van der Waals surface area contributed by atoms with Crippen LogP contribution in [0.5, 0.6) is 0 Å². The number of nitrogens with one attached hydrogen (secondary N) is 1. The van der Waals surface area contributed by atoms with E-state index in [1.807, 2.05) is 42.1 Å². The van der Waals surface area contributed by atoms with Crippen LogP contribution < -0.4 is 16.0 Å². The van der Waals surface area contributed by atoms with Gasteiger partial charge in [0.25, 0.3) is 0 Å². The predicted molar refractivity (Wildman–Crippen MR) is 170 cm³/mol. The Morgan fingerprint density at radius 3 is 2.66 bits per heavy atom. The summed E-state index contributed by atoms with van der Waals surface area (Å²) < 4.78 is 22.7. The Hall–Kier alpha value is -3.84. The van der Waals surface area contributed by atoms with Gasteiger partial charge >= 0.3 is 0 Å². The monoisotopic (exact) mass is 631 g/mol. The van der Waals surface area contributed by atoms with Gasteiger partial charge in [-0.25, -0.2) is 29.3 Å². The second-order valence-electron chi connectivity index (χ2n) is 11.4. The van der Waals surface area contributed by atoms with Gasteiger partial charge in [-0.15, -0.1) is 0 Å². The van der Waals surface area contributed by atoms with Gasteiger partial charge in [-0.1, -0.05) is 41.6 Å². The van der Waals surface area contributed by atoms with Gasteiger partial charge in [0, 0.05) is 65.3 Å². The average molecular weight is 632 g/mol. The van der Waals surface area contributed by atoms with E-state index < -0.39 is 5.82 Å². The zero-order valence-electron chi connectivity index (χ0n) is 24.2. The molecule has 0 radical (unpaired) electrons. The van der Waals surface area contributed by atoms with Crippen molar-refractivity contribution in [1.82, 2.24) is 29.5 Å². The van der Waals surface area contributed by atoms with E-state index in [2.05, 4.69) is 42.1 Å². The van der Waals surface area contributed by atoms with Crippen molar-refractivity contribution in [2.24, 2.45) is 18.2 Å². The van der Waals surface area contributed by atoms with E-state index >= 15 is 0 Å². The fraction of sp³-hybridized carbons (Fsp3) is 0.323. The van der Waals surface area contributed by atoms with Crippen LogP contribution >= 0.6 is 23.4 Å². The molecule has 3 N–H and O–H groups in total. The van der Waals surface area contributed by atoms with Crippen LogP contribution in [0.2, 0.25) is 5.02 Å². The normalized spacial score (nSPS) is 19.6. The maximum atomic E-state index is 14.9. The molecule has 1 spiro atoms. The van der Waals surface area contributed by atoms with Crippen molar-refractivity contribution >= 4 is 51.8 Å². The van der Waals surface area contributed by atoms with Crippen LogP contribution in [-0.4, -0.2) is 61.3 Å². The predicted octanol–water partition coefficient (Wildman–Crippen LogP) is 5.84. The lowest BCUT2D eigenvalue weighted by Crippen LogP contribution is -2.50. The number of para-hydroxylation sites is 1. The summed E-state index contributed by atoms with van der Waals surface area (Å²) in [7, 11) is 1.92. The first-order valence-corrected chi connectivity index (χ1v) is 15.6. The molecule has 2 saturated heterocycles. The molecule has 0 unspecified atom stereocenters. The highest BCUT2D eigenvalue weighted by Crippen LogP contribution is 2.42. The fourth-order valence-corrected chi connectivity index (χ4v) is 7.16. The number of piperidine rings is 1. The average Bonchev–Trinajstić information content (AvgIpc) is 3.52. The van der Waals surface area contributed by atoms with Gasteiger partial charge in [0.15, 0.2) is 11.6 Å². The van der Waals surface area contributed by atoms with E-state index in [4.69, 9.17) is 22.1 Å². The third kappa shape index (κ3) is 5.25. The first-order chi connectivity index (χ1) is 21.3. The Kier molecular flexibility index (Phi) is 7.61. The first kappa shape index (κ1) is 28.9. The summed E-state index contributed by atoms with van der Waals surface area (Å²) in [4.78, 5) is 25.3. The molecule has 4 aromatic heterocycles. The molecule has 1 aromatic carbocycles. The second kappa shape index (κ2) is 11.6. The van der Waals surface area contributed by atoms with E-state index in [-0.39, 0.29) is 29.2 Å². The van der Waals surface area contributed by atoms with Crippen LogP contribution in [0.4, 0.5) is 22.0 Å². The van der Waals surface area contributed by atoms with E-state index in [1.165, 1.54) is 11.8 Å². The summed E-state index contributed by atoms with van der Waals surface area (Å²) in [5.74, 6) is 0.843. The quantitative estimate of drug-likeness (QED) is 0.236. The molecular formula is C31H31ClFN9OS. The van der Waals surface area contributed by atoms with Crippen LogP contribution in [0.1, 0.15) is 19.8 Å². The largest absolute Gasteiger partial charge is 0.376 e. The topological polar surface area (TPSA) is 120 Å². The van der Waals surface area contributed by atoms with Crippen molar-refractivity contribution in [2.45, 2.75) is 41.8 Å². The van der Waals surface area contributed by atoms with Gasteiger partial charge in [-0.2, -0.15) is 0 Å². The SMILES string of the molecule is C[C@@H]1OCC2(CCN(c3cnc(Sc4ccnc(Nc5ncc(F)c(-c6cn(C)c7ccccc67)n5)c4Cl)cn3)CC2)[C@@H]1N. The van der Waals surface area contributed by atoms with Crippen molar-refractivity contribution < 1.29 is 9.13 Å². The standard InChI is InChI=1S/C31H31ClFN9OS/c1-18-28(34)31(17-43-18)8-11-42(12-9-31)24-14-37-25(15-36-24)44-23-7-10-35-29(26(23)32)40-30-38-13-21(33)27(39-30)20-16-41(2)22-6-4-3-5-19(20)22/h3-7,10,13-16,18,28H,8-9,11-12,17,34H2,1-2H3,(H,35,38,39,40)/t18-,28+/m0/s1. The van der Waals surface area contributed by atoms with Crippen LogP contribution in [-0.2, 0) is 11.8 Å². The van der Waals surface area contributed by atoms with Gasteiger partial charge in [0.05, 0.1) is 36.3 Å². The van der Waals surface area contributed by atoms with Crippen molar-refractivity contribution in [3.63, 3.8) is 0 Å². The Morgan fingerprint density at radius 2 is 1.91 bits per heavy atom. The Morgan fingerprint density at radius 1 is 1.09 bits per heavy atom. The highest BCUT2D eigenvalue weighted by molar-refractivity contribution is 7.99. The Bertz CT molecular complexity index is 1830. The van der Waals surface area contributed by atoms with Crippen molar-refractivity contribution in [3.8, 4) is 11.3 Å². The van der Waals surface area contributed by atoms with E-state index in [0.717, 1.165) is 60.4 Å². The fourth-order valence-electron chi connectivity index (χ4n) is 6.14. The second-order valence-corrected chi connectivity index (χ2v) is 12.8. The molecular weight excluding hydrogens is 601 g/mol. The molecule has 2 aliphatic heterocycles. The lowest BCUT2D eigenvalue weighted by atomic mass is 9.73. The number of aryl methyl sites for hydroxylation is 1. The summed E-state index contributed by atoms with van der Waals surface area (Å²) in [5, 5.41) is 5.01. The number of ether oxygens (including phenoxy) is 1. The van der Waals surface area contributed by atoms with Crippen molar-refractivity contribution in [1.29, 1.82) is 0 Å². The lowest BCUT2D eigenvalue weighted by molar-refractivity contribution is 0.0974. The van der Waals surface area contributed by atoms with Crippen LogP contribution in [0.15, 0.2) is 71.2 Å². The number of halogens is 2. The molecule has 7 rings (SSSR count). The summed E-state index contributed by atoms with van der Waals surface area (Å²) in [6.07, 6.45) is 10.2. The molecule has 44 heavy (non-hydrogen) atoms.